The molecule has 7 heteroatoms. The van der Waals surface area contributed by atoms with Crippen LogP contribution in [-0.2, 0) is 6.18 Å². The van der Waals surface area contributed by atoms with E-state index in [1.165, 1.54) is 0 Å². The van der Waals surface area contributed by atoms with E-state index in [1.807, 2.05) is 6.92 Å². The first-order valence-corrected chi connectivity index (χ1v) is 4.98. The van der Waals surface area contributed by atoms with E-state index in [2.05, 4.69) is 10.3 Å². The number of primary amides is 1. The van der Waals surface area contributed by atoms with Gasteiger partial charge >= 0.3 is 6.18 Å². The highest BCUT2D eigenvalue weighted by Crippen LogP contribution is 2.29. The van der Waals surface area contributed by atoms with Gasteiger partial charge in [-0.05, 0) is 18.6 Å². The molecule has 0 spiro atoms. The summed E-state index contributed by atoms with van der Waals surface area (Å²) in [6.45, 7) is 2.25. The molecule has 0 saturated carbocycles. The van der Waals surface area contributed by atoms with Gasteiger partial charge in [0, 0.05) is 6.54 Å². The van der Waals surface area contributed by atoms with Gasteiger partial charge in [-0.2, -0.15) is 13.2 Å². The zero-order valence-electron chi connectivity index (χ0n) is 9.14. The SMILES string of the molecule is CCCNc1nc(C(F)(F)F)ccc1C(N)=O. The van der Waals surface area contributed by atoms with Crippen molar-refractivity contribution in [3.8, 4) is 0 Å². The molecule has 0 aromatic carbocycles. The number of alkyl halides is 3. The van der Waals surface area contributed by atoms with Gasteiger partial charge in [0.05, 0.1) is 5.56 Å². The molecule has 3 N–H and O–H groups in total. The molecule has 0 fully saturated rings. The van der Waals surface area contributed by atoms with Gasteiger partial charge in [-0.1, -0.05) is 6.92 Å². The van der Waals surface area contributed by atoms with Crippen molar-refractivity contribution in [1.29, 1.82) is 0 Å². The Morgan fingerprint density at radius 3 is 2.59 bits per heavy atom. The predicted octanol–water partition coefficient (Wildman–Crippen LogP) is 2.02. The standard InChI is InChI=1S/C10H12F3N3O/c1-2-5-15-9-6(8(14)17)3-4-7(16-9)10(11,12)13/h3-4H,2,5H2,1H3,(H2,14,17)(H,15,16). The quantitative estimate of drug-likeness (QED) is 0.855. The summed E-state index contributed by atoms with van der Waals surface area (Å²) in [6.07, 6.45) is -3.85. The van der Waals surface area contributed by atoms with E-state index in [4.69, 9.17) is 5.73 Å². The van der Waals surface area contributed by atoms with Crippen LogP contribution in [-0.4, -0.2) is 17.4 Å². The minimum absolute atomic E-state index is 0.0496. The molecule has 4 nitrogen and oxygen atoms in total. The monoisotopic (exact) mass is 247 g/mol. The predicted molar refractivity (Wildman–Crippen MR) is 56.5 cm³/mol. The number of hydrogen-bond donors (Lipinski definition) is 2. The van der Waals surface area contributed by atoms with Gasteiger partial charge in [-0.3, -0.25) is 4.79 Å². The Bertz CT molecular complexity index is 418. The summed E-state index contributed by atoms with van der Waals surface area (Å²) in [6, 6.07) is 1.76. The van der Waals surface area contributed by atoms with Crippen molar-refractivity contribution < 1.29 is 18.0 Å². The molecule has 0 aliphatic heterocycles. The van der Waals surface area contributed by atoms with Crippen LogP contribution in [0.5, 0.6) is 0 Å². The number of nitrogens with one attached hydrogen (secondary N) is 1. The molecule has 0 atom stereocenters. The van der Waals surface area contributed by atoms with Crippen molar-refractivity contribution in [1.82, 2.24) is 4.98 Å². The summed E-state index contributed by atoms with van der Waals surface area (Å²) in [5, 5.41) is 2.64. The van der Waals surface area contributed by atoms with Gasteiger partial charge in [-0.25, -0.2) is 4.98 Å². The van der Waals surface area contributed by atoms with Crippen molar-refractivity contribution in [2.24, 2.45) is 5.73 Å². The van der Waals surface area contributed by atoms with Crippen LogP contribution in [0, 0.1) is 0 Å². The van der Waals surface area contributed by atoms with Crippen LogP contribution in [0.15, 0.2) is 12.1 Å². The minimum atomic E-state index is -4.54. The number of halogens is 3. The molecule has 1 heterocycles. The smallest absolute Gasteiger partial charge is 0.369 e. The highest BCUT2D eigenvalue weighted by molar-refractivity contribution is 5.97. The van der Waals surface area contributed by atoms with Gasteiger partial charge in [0.25, 0.3) is 5.91 Å². The van der Waals surface area contributed by atoms with Crippen molar-refractivity contribution in [2.45, 2.75) is 19.5 Å². The summed E-state index contributed by atoms with van der Waals surface area (Å²) in [4.78, 5) is 14.4. The maximum absolute atomic E-state index is 12.4. The molecule has 0 radical (unpaired) electrons. The lowest BCUT2D eigenvalue weighted by Crippen LogP contribution is -2.18. The second-order valence-corrected chi connectivity index (χ2v) is 3.38. The summed E-state index contributed by atoms with van der Waals surface area (Å²) >= 11 is 0. The Hall–Kier alpha value is -1.79. The lowest BCUT2D eigenvalue weighted by atomic mass is 10.2. The lowest BCUT2D eigenvalue weighted by Gasteiger charge is -2.11. The molecule has 0 unspecified atom stereocenters. The molecule has 17 heavy (non-hydrogen) atoms. The van der Waals surface area contributed by atoms with E-state index in [-0.39, 0.29) is 11.4 Å². The second kappa shape index (κ2) is 5.03. The van der Waals surface area contributed by atoms with Crippen LogP contribution in [0.4, 0.5) is 19.0 Å². The van der Waals surface area contributed by atoms with Crippen molar-refractivity contribution in [2.75, 3.05) is 11.9 Å². The first kappa shape index (κ1) is 13.3. The molecule has 1 rings (SSSR count). The van der Waals surface area contributed by atoms with Gasteiger partial charge in [0.15, 0.2) is 0 Å². The molecular formula is C10H12F3N3O. The number of anilines is 1. The van der Waals surface area contributed by atoms with Crippen molar-refractivity contribution >= 4 is 11.7 Å². The van der Waals surface area contributed by atoms with E-state index in [0.717, 1.165) is 12.1 Å². The molecule has 1 amide bonds. The van der Waals surface area contributed by atoms with Crippen LogP contribution in [0.1, 0.15) is 29.4 Å². The number of hydrogen-bond acceptors (Lipinski definition) is 3. The molecule has 0 saturated heterocycles. The van der Waals surface area contributed by atoms with Crippen molar-refractivity contribution in [3.05, 3.63) is 23.4 Å². The molecule has 0 aliphatic carbocycles. The molecule has 1 aromatic rings. The average Bonchev–Trinajstić information content (AvgIpc) is 2.24. The average molecular weight is 247 g/mol. The third-order valence-electron chi connectivity index (χ3n) is 1.99. The highest BCUT2D eigenvalue weighted by Gasteiger charge is 2.33. The highest BCUT2D eigenvalue weighted by atomic mass is 19.4. The van der Waals surface area contributed by atoms with Gasteiger partial charge in [-0.15, -0.1) is 0 Å². The fraction of sp³-hybridized carbons (Fsp3) is 0.400. The number of nitrogens with zero attached hydrogens (tertiary/aromatic N) is 1. The second-order valence-electron chi connectivity index (χ2n) is 3.38. The van der Waals surface area contributed by atoms with Crippen molar-refractivity contribution in [3.63, 3.8) is 0 Å². The lowest BCUT2D eigenvalue weighted by molar-refractivity contribution is -0.141. The van der Waals surface area contributed by atoms with Crippen LogP contribution >= 0.6 is 0 Å². The molecule has 0 aliphatic rings. The fourth-order valence-corrected chi connectivity index (χ4v) is 1.19. The number of aromatic nitrogens is 1. The zero-order valence-corrected chi connectivity index (χ0v) is 9.14. The Balaban J connectivity index is 3.14. The number of amides is 1. The largest absolute Gasteiger partial charge is 0.433 e. The van der Waals surface area contributed by atoms with Gasteiger partial charge in [0.1, 0.15) is 11.5 Å². The third kappa shape index (κ3) is 3.33. The molecule has 94 valence electrons. The summed E-state index contributed by atoms with van der Waals surface area (Å²) in [5.74, 6) is -0.945. The van der Waals surface area contributed by atoms with Crippen LogP contribution in [0.3, 0.4) is 0 Å². The Morgan fingerprint density at radius 2 is 2.12 bits per heavy atom. The van der Waals surface area contributed by atoms with E-state index < -0.39 is 17.8 Å². The number of pyridine rings is 1. The van der Waals surface area contributed by atoms with Crippen LogP contribution < -0.4 is 11.1 Å². The third-order valence-corrected chi connectivity index (χ3v) is 1.99. The van der Waals surface area contributed by atoms with E-state index >= 15 is 0 Å². The Morgan fingerprint density at radius 1 is 1.47 bits per heavy atom. The molecular weight excluding hydrogens is 235 g/mol. The van der Waals surface area contributed by atoms with Gasteiger partial charge in [0.2, 0.25) is 0 Å². The normalized spacial score (nSPS) is 11.3. The van der Waals surface area contributed by atoms with E-state index in [1.54, 1.807) is 0 Å². The topological polar surface area (TPSA) is 68.0 Å². The van der Waals surface area contributed by atoms with Crippen LogP contribution in [0.25, 0.3) is 0 Å². The van der Waals surface area contributed by atoms with E-state index in [9.17, 15) is 18.0 Å². The maximum atomic E-state index is 12.4. The summed E-state index contributed by atoms with van der Waals surface area (Å²) in [7, 11) is 0. The maximum Gasteiger partial charge on any atom is 0.433 e. The minimum Gasteiger partial charge on any atom is -0.369 e. The zero-order chi connectivity index (χ0) is 13.1. The van der Waals surface area contributed by atoms with E-state index in [0.29, 0.717) is 13.0 Å². The van der Waals surface area contributed by atoms with Crippen LogP contribution in [0.2, 0.25) is 0 Å². The Kier molecular flexibility index (Phi) is 3.93. The number of carbonyl (C=O) groups is 1. The summed E-state index contributed by atoms with van der Waals surface area (Å²) in [5.41, 5.74) is 3.94. The number of carbonyl (C=O) groups excluding carboxylic acids is 1. The first-order valence-electron chi connectivity index (χ1n) is 4.98. The fourth-order valence-electron chi connectivity index (χ4n) is 1.19. The summed E-state index contributed by atoms with van der Waals surface area (Å²) < 4.78 is 37.2. The number of rotatable bonds is 4. The molecule has 1 aromatic heterocycles. The Labute approximate surface area is 96.0 Å². The first-order chi connectivity index (χ1) is 7.86. The number of nitrogens with two attached hydrogens (primary N) is 1. The molecule has 0 bridgehead atoms. The van der Waals surface area contributed by atoms with Gasteiger partial charge < -0.3 is 11.1 Å².